The van der Waals surface area contributed by atoms with Crippen molar-refractivity contribution in [3.63, 3.8) is 0 Å². The van der Waals surface area contributed by atoms with E-state index in [0.29, 0.717) is 0 Å². The van der Waals surface area contributed by atoms with Crippen LogP contribution in [0.3, 0.4) is 0 Å². The van der Waals surface area contributed by atoms with Gasteiger partial charge in [-0.2, -0.15) is 0 Å². The van der Waals surface area contributed by atoms with Crippen LogP contribution in [0.4, 0.5) is 10.1 Å². The summed E-state index contributed by atoms with van der Waals surface area (Å²) in [5.41, 5.74) is 1.75. The highest BCUT2D eigenvalue weighted by atomic mass is 19.1. The Bertz CT molecular complexity index is 503. The van der Waals surface area contributed by atoms with Crippen LogP contribution < -0.4 is 15.5 Å². The molecular formula is C13H16FN3O. The summed E-state index contributed by atoms with van der Waals surface area (Å²) in [5, 5.41) is 6.17. The lowest BCUT2D eigenvalue weighted by Crippen LogP contribution is -2.53. The van der Waals surface area contributed by atoms with Crippen molar-refractivity contribution in [2.24, 2.45) is 0 Å². The van der Waals surface area contributed by atoms with Gasteiger partial charge in [-0.1, -0.05) is 0 Å². The van der Waals surface area contributed by atoms with E-state index >= 15 is 0 Å². The van der Waals surface area contributed by atoms with Gasteiger partial charge in [-0.3, -0.25) is 4.79 Å². The minimum absolute atomic E-state index is 0.0267. The van der Waals surface area contributed by atoms with E-state index in [1.807, 2.05) is 13.0 Å². The number of amides is 1. The fourth-order valence-corrected chi connectivity index (χ4v) is 2.71. The second-order valence-corrected chi connectivity index (χ2v) is 4.86. The molecule has 1 atom stereocenters. The number of nitrogens with zero attached hydrogens (tertiary/aromatic N) is 1. The summed E-state index contributed by atoms with van der Waals surface area (Å²) in [5.74, 6) is -0.733. The summed E-state index contributed by atoms with van der Waals surface area (Å²) in [4.78, 5) is 14.1. The predicted octanol–water partition coefficient (Wildman–Crippen LogP) is 1.00. The maximum absolute atomic E-state index is 13.9. The van der Waals surface area contributed by atoms with Gasteiger partial charge in [0.25, 0.3) is 5.91 Å². The van der Waals surface area contributed by atoms with Gasteiger partial charge in [0.1, 0.15) is 12.0 Å². The maximum atomic E-state index is 13.9. The van der Waals surface area contributed by atoms with Crippen molar-refractivity contribution in [1.29, 1.82) is 0 Å². The van der Waals surface area contributed by atoms with Crippen LogP contribution in [0.2, 0.25) is 0 Å². The first kappa shape index (κ1) is 11.5. The van der Waals surface area contributed by atoms with Gasteiger partial charge in [0.05, 0.1) is 11.3 Å². The average Bonchev–Trinajstić information content (AvgIpc) is 2.53. The molecule has 0 aromatic heterocycles. The predicted molar refractivity (Wildman–Crippen MR) is 67.2 cm³/mol. The third-order valence-electron chi connectivity index (χ3n) is 3.55. The van der Waals surface area contributed by atoms with Crippen LogP contribution in [0.15, 0.2) is 12.1 Å². The number of halogens is 1. The van der Waals surface area contributed by atoms with E-state index in [2.05, 4.69) is 15.5 Å². The first-order chi connectivity index (χ1) is 8.66. The Kier molecular flexibility index (Phi) is 2.70. The molecule has 2 aliphatic rings. The monoisotopic (exact) mass is 249 g/mol. The summed E-state index contributed by atoms with van der Waals surface area (Å²) in [6.45, 7) is 4.34. The standard InChI is InChI=1S/C13H16FN3O/c1-8-6-9(14)12-10(7-8)17-5-4-15-3-2-11(17)16-13(12)18/h6-7,11,15H,2-5H2,1H3,(H,16,18)/t11-/m0/s1. The van der Waals surface area contributed by atoms with E-state index in [4.69, 9.17) is 0 Å². The Morgan fingerprint density at radius 2 is 2.22 bits per heavy atom. The number of benzene rings is 1. The highest BCUT2D eigenvalue weighted by Gasteiger charge is 2.33. The summed E-state index contributed by atoms with van der Waals surface area (Å²) in [7, 11) is 0. The van der Waals surface area contributed by atoms with Crippen molar-refractivity contribution in [3.05, 3.63) is 29.1 Å². The van der Waals surface area contributed by atoms with Crippen molar-refractivity contribution < 1.29 is 9.18 Å². The molecule has 2 heterocycles. The molecule has 1 amide bonds. The van der Waals surface area contributed by atoms with Gasteiger partial charge >= 0.3 is 0 Å². The largest absolute Gasteiger partial charge is 0.349 e. The van der Waals surface area contributed by atoms with E-state index in [1.165, 1.54) is 6.07 Å². The van der Waals surface area contributed by atoms with Gasteiger partial charge in [-0.25, -0.2) is 4.39 Å². The highest BCUT2D eigenvalue weighted by molar-refractivity contribution is 6.02. The molecule has 96 valence electrons. The molecule has 1 saturated heterocycles. The molecule has 2 N–H and O–H groups in total. The summed E-state index contributed by atoms with van der Waals surface area (Å²) in [6, 6.07) is 3.31. The second-order valence-electron chi connectivity index (χ2n) is 4.86. The van der Waals surface area contributed by atoms with Gasteiger partial charge in [0.2, 0.25) is 0 Å². The molecule has 0 bridgehead atoms. The molecule has 0 aliphatic carbocycles. The molecule has 1 fully saturated rings. The van der Waals surface area contributed by atoms with Gasteiger partial charge in [0.15, 0.2) is 0 Å². The Morgan fingerprint density at radius 3 is 3.06 bits per heavy atom. The first-order valence-corrected chi connectivity index (χ1v) is 6.25. The third-order valence-corrected chi connectivity index (χ3v) is 3.55. The van der Waals surface area contributed by atoms with Gasteiger partial charge in [-0.15, -0.1) is 0 Å². The van der Waals surface area contributed by atoms with Crippen LogP contribution in [0.25, 0.3) is 0 Å². The fourth-order valence-electron chi connectivity index (χ4n) is 2.71. The summed E-state index contributed by atoms with van der Waals surface area (Å²) < 4.78 is 13.9. The lowest BCUT2D eigenvalue weighted by Gasteiger charge is -2.37. The number of aryl methyl sites for hydroxylation is 1. The Balaban J connectivity index is 2.12. The highest BCUT2D eigenvalue weighted by Crippen LogP contribution is 2.30. The molecule has 1 aromatic rings. The second kappa shape index (κ2) is 4.24. The van der Waals surface area contributed by atoms with E-state index in [0.717, 1.165) is 37.3 Å². The van der Waals surface area contributed by atoms with E-state index in [1.54, 1.807) is 0 Å². The normalized spacial score (nSPS) is 22.9. The molecule has 4 nitrogen and oxygen atoms in total. The van der Waals surface area contributed by atoms with Crippen molar-refractivity contribution >= 4 is 11.6 Å². The summed E-state index contributed by atoms with van der Waals surface area (Å²) in [6.07, 6.45) is 0.807. The Morgan fingerprint density at radius 1 is 1.39 bits per heavy atom. The van der Waals surface area contributed by atoms with Gasteiger partial charge in [0, 0.05) is 13.1 Å². The van der Waals surface area contributed by atoms with Crippen LogP contribution in [-0.4, -0.2) is 31.7 Å². The number of fused-ring (bicyclic) bond motifs is 3. The van der Waals surface area contributed by atoms with E-state index in [-0.39, 0.29) is 17.6 Å². The minimum atomic E-state index is -0.432. The Labute approximate surface area is 105 Å². The van der Waals surface area contributed by atoms with E-state index < -0.39 is 5.82 Å². The van der Waals surface area contributed by atoms with Crippen LogP contribution in [0.5, 0.6) is 0 Å². The zero-order valence-corrected chi connectivity index (χ0v) is 10.3. The summed E-state index contributed by atoms with van der Waals surface area (Å²) >= 11 is 0. The van der Waals surface area contributed by atoms with Crippen molar-refractivity contribution in [1.82, 2.24) is 10.6 Å². The lowest BCUT2D eigenvalue weighted by molar-refractivity contribution is 0.0922. The quantitative estimate of drug-likeness (QED) is 0.721. The number of hydrogen-bond donors (Lipinski definition) is 2. The molecule has 3 rings (SSSR count). The van der Waals surface area contributed by atoms with Crippen LogP contribution in [0, 0.1) is 12.7 Å². The molecular weight excluding hydrogens is 233 g/mol. The van der Waals surface area contributed by atoms with Gasteiger partial charge < -0.3 is 15.5 Å². The van der Waals surface area contributed by atoms with Gasteiger partial charge in [-0.05, 0) is 37.6 Å². The molecule has 0 saturated carbocycles. The maximum Gasteiger partial charge on any atom is 0.257 e. The number of nitrogens with one attached hydrogen (secondary N) is 2. The minimum Gasteiger partial charge on any atom is -0.349 e. The number of carbonyl (C=O) groups excluding carboxylic acids is 1. The number of hydrogen-bond acceptors (Lipinski definition) is 3. The molecule has 0 radical (unpaired) electrons. The van der Waals surface area contributed by atoms with Crippen LogP contribution in [0.1, 0.15) is 22.3 Å². The van der Waals surface area contributed by atoms with Crippen LogP contribution in [-0.2, 0) is 0 Å². The lowest BCUT2D eigenvalue weighted by atomic mass is 10.0. The first-order valence-electron chi connectivity index (χ1n) is 6.25. The molecule has 1 aromatic carbocycles. The molecule has 0 spiro atoms. The van der Waals surface area contributed by atoms with Crippen LogP contribution >= 0.6 is 0 Å². The van der Waals surface area contributed by atoms with E-state index in [9.17, 15) is 9.18 Å². The zero-order valence-electron chi connectivity index (χ0n) is 10.3. The topological polar surface area (TPSA) is 44.4 Å². The molecule has 0 unspecified atom stereocenters. The molecule has 5 heteroatoms. The van der Waals surface area contributed by atoms with Crippen molar-refractivity contribution in [2.45, 2.75) is 19.5 Å². The average molecular weight is 249 g/mol. The molecule has 2 aliphatic heterocycles. The fraction of sp³-hybridized carbons (Fsp3) is 0.462. The Hall–Kier alpha value is -1.62. The third kappa shape index (κ3) is 1.75. The number of anilines is 1. The number of carbonyl (C=O) groups is 1. The molecule has 18 heavy (non-hydrogen) atoms. The zero-order chi connectivity index (χ0) is 12.7. The SMILES string of the molecule is Cc1cc(F)c2c(c1)N1CCNCC[C@H]1NC2=O. The smallest absolute Gasteiger partial charge is 0.257 e. The van der Waals surface area contributed by atoms with Crippen molar-refractivity contribution in [3.8, 4) is 0 Å². The number of rotatable bonds is 0. The van der Waals surface area contributed by atoms with Crippen molar-refractivity contribution in [2.75, 3.05) is 24.5 Å².